The van der Waals surface area contributed by atoms with Gasteiger partial charge in [0, 0.05) is 135 Å². The molecule has 1 N–H and O–H groups in total. The predicted octanol–water partition coefficient (Wildman–Crippen LogP) is 9.79. The summed E-state index contributed by atoms with van der Waals surface area (Å²) in [5.74, 6) is 0.0830. The Morgan fingerprint density at radius 2 is 1.61 bits per heavy atom. The van der Waals surface area contributed by atoms with E-state index < -0.39 is 11.7 Å². The fourth-order valence-corrected chi connectivity index (χ4v) is 8.97. The number of hydrogen-bond donors (Lipinski definition) is 1. The molecule has 3 aromatic carbocycles. The van der Waals surface area contributed by atoms with E-state index in [1.54, 1.807) is 24.5 Å². The Kier molecular flexibility index (Phi) is 25.5. The SMILES string of the molecule is C=CNN(C)Cc1cc(N2CCN(Cc3cccc(COC4CCN(CC5=CN(C=O)/C(=C\N(C)c6cccc([C@@H](C)CN(C)/C=N\N=C)c6)C(C(F)(F)F)=C5)CC4)c3)CC2)ccc1C=O.CC.CCCCC=O. The van der Waals surface area contributed by atoms with Crippen molar-refractivity contribution in [2.75, 3.05) is 83.3 Å². The van der Waals surface area contributed by atoms with Crippen LogP contribution >= 0.6 is 0 Å². The highest BCUT2D eigenvalue weighted by molar-refractivity contribution is 5.78. The third-order valence-corrected chi connectivity index (χ3v) is 12.9. The first-order valence-corrected chi connectivity index (χ1v) is 25.6. The van der Waals surface area contributed by atoms with Crippen LogP contribution in [0.3, 0.4) is 0 Å². The lowest BCUT2D eigenvalue weighted by molar-refractivity contribution is -0.115. The molecule has 0 radical (unpaired) electrons. The maximum atomic E-state index is 14.7. The average Bonchev–Trinajstić information content (AvgIpc) is 3.40. The number of carbonyl (C=O) groups excluding carboxylic acids is 3. The molecule has 0 spiro atoms. The lowest BCUT2D eigenvalue weighted by atomic mass is 10.00. The van der Waals surface area contributed by atoms with Crippen molar-refractivity contribution in [2.45, 2.75) is 97.7 Å². The maximum Gasteiger partial charge on any atom is 0.418 e. The highest BCUT2D eigenvalue weighted by Gasteiger charge is 2.40. The second kappa shape index (κ2) is 31.4. The number of allylic oxidation sites excluding steroid dienone is 1. The van der Waals surface area contributed by atoms with Gasteiger partial charge in [0.25, 0.3) is 0 Å². The molecule has 0 unspecified atom stereocenters. The number of nitrogens with one attached hydrogen (secondary N) is 1. The number of hydrogen-bond acceptors (Lipinski definition) is 12. The molecule has 1 atom stereocenters. The Labute approximate surface area is 438 Å². The van der Waals surface area contributed by atoms with E-state index in [2.05, 4.69) is 87.8 Å². The minimum atomic E-state index is -4.69. The number of piperidine rings is 1. The van der Waals surface area contributed by atoms with E-state index >= 15 is 0 Å². The summed E-state index contributed by atoms with van der Waals surface area (Å²) in [6.45, 7) is 22.9. The Hall–Kier alpha value is -6.40. The summed E-state index contributed by atoms with van der Waals surface area (Å²) in [7, 11) is 5.46. The van der Waals surface area contributed by atoms with Crippen LogP contribution in [0.4, 0.5) is 24.5 Å². The largest absolute Gasteiger partial charge is 0.418 e. The van der Waals surface area contributed by atoms with E-state index in [-0.39, 0.29) is 24.3 Å². The van der Waals surface area contributed by atoms with Crippen molar-refractivity contribution in [3.63, 3.8) is 0 Å². The topological polar surface area (TPSA) is 120 Å². The zero-order chi connectivity index (χ0) is 54.0. The Morgan fingerprint density at radius 3 is 2.24 bits per heavy atom. The summed E-state index contributed by atoms with van der Waals surface area (Å²) in [6, 6.07) is 22.1. The molecule has 2 fully saturated rings. The quantitative estimate of drug-likeness (QED) is 0.0304. The Balaban J connectivity index is 0.00000138. The van der Waals surface area contributed by atoms with E-state index in [4.69, 9.17) is 4.74 Å². The number of unbranched alkanes of at least 4 members (excludes halogenated alkanes) is 2. The molecule has 0 bridgehead atoms. The third kappa shape index (κ3) is 19.1. The molecule has 6 rings (SSSR count). The molecule has 3 aromatic rings. The number of benzene rings is 3. The number of ether oxygens (including phenoxy) is 1. The van der Waals surface area contributed by atoms with Gasteiger partial charge in [-0.3, -0.25) is 24.3 Å². The predicted molar refractivity (Wildman–Crippen MR) is 294 cm³/mol. The third-order valence-electron chi connectivity index (χ3n) is 12.9. The number of amides is 1. The smallest absolute Gasteiger partial charge is 0.373 e. The van der Waals surface area contributed by atoms with Gasteiger partial charge in [-0.1, -0.05) is 77.1 Å². The van der Waals surface area contributed by atoms with Gasteiger partial charge in [-0.15, -0.1) is 5.10 Å². The fraction of sp³-hybridized carbons (Fsp3) is 0.456. The van der Waals surface area contributed by atoms with Gasteiger partial charge in [0.05, 0.1) is 24.0 Å². The normalized spacial score (nSPS) is 16.6. The van der Waals surface area contributed by atoms with Gasteiger partial charge in [-0.2, -0.15) is 18.3 Å². The van der Waals surface area contributed by atoms with Crippen LogP contribution in [0.1, 0.15) is 98.3 Å². The number of likely N-dealkylation sites (N-methyl/N-ethyl adjacent to an activating group) is 1. The highest BCUT2D eigenvalue weighted by atomic mass is 19.4. The molecule has 74 heavy (non-hydrogen) atoms. The van der Waals surface area contributed by atoms with Gasteiger partial charge in [0.2, 0.25) is 6.41 Å². The molecule has 1 amide bonds. The molecule has 0 aromatic heterocycles. The molecular formula is C57H79F3N10O4. The second-order valence-electron chi connectivity index (χ2n) is 18.6. The van der Waals surface area contributed by atoms with Crippen LogP contribution in [0, 0.1) is 0 Å². The molecule has 17 heteroatoms. The summed E-state index contributed by atoms with van der Waals surface area (Å²) in [4.78, 5) is 45.1. The molecular weight excluding hydrogens is 946 g/mol. The molecule has 0 saturated carbocycles. The number of rotatable bonds is 24. The lowest BCUT2D eigenvalue weighted by Gasteiger charge is -2.36. The van der Waals surface area contributed by atoms with Crippen LogP contribution in [0.15, 0.2) is 125 Å². The first-order valence-electron chi connectivity index (χ1n) is 25.6. The molecule has 14 nitrogen and oxygen atoms in total. The van der Waals surface area contributed by atoms with Crippen LogP contribution < -0.4 is 15.2 Å². The number of anilines is 2. The van der Waals surface area contributed by atoms with Crippen LogP contribution in [0.25, 0.3) is 0 Å². The van der Waals surface area contributed by atoms with Crippen molar-refractivity contribution in [3.8, 4) is 0 Å². The molecule has 3 aliphatic rings. The molecule has 3 heterocycles. The number of carbonyl (C=O) groups is 3. The van der Waals surface area contributed by atoms with E-state index in [1.165, 1.54) is 18.0 Å². The van der Waals surface area contributed by atoms with Crippen LogP contribution in [-0.2, 0) is 34.0 Å². The summed E-state index contributed by atoms with van der Waals surface area (Å²) >= 11 is 0. The number of nitrogens with zero attached hydrogens (tertiary/aromatic N) is 9. The average molecular weight is 1030 g/mol. The number of hydrazine groups is 1. The first kappa shape index (κ1) is 60.2. The van der Waals surface area contributed by atoms with Crippen molar-refractivity contribution in [1.29, 1.82) is 0 Å². The van der Waals surface area contributed by atoms with Crippen LogP contribution in [-0.4, -0.2) is 142 Å². The van der Waals surface area contributed by atoms with E-state index in [9.17, 15) is 27.6 Å². The zero-order valence-corrected chi connectivity index (χ0v) is 44.6. The van der Waals surface area contributed by atoms with Crippen molar-refractivity contribution in [3.05, 3.63) is 143 Å². The van der Waals surface area contributed by atoms with Gasteiger partial charge in [0.1, 0.15) is 18.9 Å². The molecule has 3 aliphatic heterocycles. The van der Waals surface area contributed by atoms with E-state index in [0.29, 0.717) is 56.0 Å². The number of alkyl halides is 3. The Morgan fingerprint density at radius 1 is 0.905 bits per heavy atom. The molecule has 402 valence electrons. The number of halogens is 3. The molecule has 0 aliphatic carbocycles. The van der Waals surface area contributed by atoms with Gasteiger partial charge < -0.3 is 29.7 Å². The van der Waals surface area contributed by atoms with Crippen molar-refractivity contribution >= 4 is 43.4 Å². The maximum absolute atomic E-state index is 14.7. The summed E-state index contributed by atoms with van der Waals surface area (Å²) in [5.41, 5.74) is 9.08. The fourth-order valence-electron chi connectivity index (χ4n) is 8.97. The first-order chi connectivity index (χ1) is 35.7. The number of aldehydes is 2. The van der Waals surface area contributed by atoms with Crippen molar-refractivity contribution in [1.82, 2.24) is 30.0 Å². The van der Waals surface area contributed by atoms with Gasteiger partial charge in [-0.05, 0) is 89.4 Å². The van der Waals surface area contributed by atoms with Crippen molar-refractivity contribution < 1.29 is 32.3 Å². The van der Waals surface area contributed by atoms with E-state index in [1.807, 2.05) is 74.2 Å². The van der Waals surface area contributed by atoms with Gasteiger partial charge in [-0.25, -0.2) is 5.01 Å². The molecule has 2 saturated heterocycles. The monoisotopic (exact) mass is 1020 g/mol. The van der Waals surface area contributed by atoms with E-state index in [0.717, 1.165) is 111 Å². The number of likely N-dealkylation sites (tertiary alicyclic amines) is 1. The summed E-state index contributed by atoms with van der Waals surface area (Å²) in [6.07, 6.45) is 9.24. The Bertz CT molecular complexity index is 2370. The highest BCUT2D eigenvalue weighted by Crippen LogP contribution is 2.37. The van der Waals surface area contributed by atoms with Gasteiger partial charge in [0.15, 0.2) is 0 Å². The van der Waals surface area contributed by atoms with Gasteiger partial charge >= 0.3 is 6.18 Å². The minimum absolute atomic E-state index is 0.0294. The minimum Gasteiger partial charge on any atom is -0.373 e. The van der Waals surface area contributed by atoms with Crippen LogP contribution in [0.2, 0.25) is 0 Å². The standard InChI is InChI=1S/C50H63F3N10O3.C5H10O.C2H6/c1-7-56-59(6)32-44-27-46(15-14-43(44)34-64)62-22-20-61(21-23-62)29-39-10-8-11-40(24-39)35-66-47-16-18-60(19-17-47)30-41-25-48(50(51,52)53)49(63(31-41)37-65)33-58(5)45-13-9-12-42(26-45)38(2)28-57(4)36-55-54-3;1-2-3-4-5-6;1-2/h7-15,24-27,31,33-34,36-38,47,56H,1,3,16-23,28-30,32,35H2,2,4-6H3;5H,2-4H2,1H3;1-2H3/b49-33-,55-36-;;/t38-;;/m0../s1. The number of piperazine rings is 1. The summed E-state index contributed by atoms with van der Waals surface area (Å²) in [5, 5.41) is 9.19. The van der Waals surface area contributed by atoms with Crippen molar-refractivity contribution in [2.24, 2.45) is 10.2 Å². The van der Waals surface area contributed by atoms with Crippen LogP contribution in [0.5, 0.6) is 0 Å². The zero-order valence-electron chi connectivity index (χ0n) is 44.6. The summed E-state index contributed by atoms with van der Waals surface area (Å²) < 4.78 is 50.4. The lowest BCUT2D eigenvalue weighted by Crippen LogP contribution is -2.46. The second-order valence-corrected chi connectivity index (χ2v) is 18.6.